The van der Waals surface area contributed by atoms with Crippen LogP contribution in [0.25, 0.3) is 11.0 Å². The minimum Gasteiger partial charge on any atom is -0.465 e. The molecular formula is C23H20FN3O4S. The molecule has 164 valence electrons. The fraction of sp³-hybridized carbons (Fsp3) is 0.130. The SMILES string of the molecule is COC(=O)c1ccc(S(=O)(=O)NC(Cn2cnc3ccccc32)c2ccc(F)cc2)cc1. The summed E-state index contributed by atoms with van der Waals surface area (Å²) in [6.07, 6.45) is 1.64. The van der Waals surface area contributed by atoms with Crippen LogP contribution >= 0.6 is 0 Å². The molecule has 4 aromatic rings. The van der Waals surface area contributed by atoms with Crippen LogP contribution in [0.1, 0.15) is 22.0 Å². The molecule has 1 atom stereocenters. The van der Waals surface area contributed by atoms with Crippen molar-refractivity contribution >= 4 is 27.0 Å². The van der Waals surface area contributed by atoms with E-state index in [9.17, 15) is 17.6 Å². The molecule has 0 bridgehead atoms. The van der Waals surface area contributed by atoms with Gasteiger partial charge < -0.3 is 9.30 Å². The van der Waals surface area contributed by atoms with Crippen molar-refractivity contribution in [1.82, 2.24) is 14.3 Å². The molecule has 1 N–H and O–H groups in total. The van der Waals surface area contributed by atoms with Gasteiger partial charge in [-0.15, -0.1) is 0 Å². The van der Waals surface area contributed by atoms with Gasteiger partial charge in [0.15, 0.2) is 0 Å². The average molecular weight is 453 g/mol. The van der Waals surface area contributed by atoms with Crippen LogP contribution in [0.2, 0.25) is 0 Å². The topological polar surface area (TPSA) is 90.3 Å². The maximum Gasteiger partial charge on any atom is 0.337 e. The van der Waals surface area contributed by atoms with Crippen LogP contribution in [-0.2, 0) is 21.3 Å². The molecule has 0 radical (unpaired) electrons. The van der Waals surface area contributed by atoms with Gasteiger partial charge in [-0.1, -0.05) is 24.3 Å². The molecule has 0 spiro atoms. The Morgan fingerprint density at radius 2 is 1.75 bits per heavy atom. The number of rotatable bonds is 7. The Hall–Kier alpha value is -3.56. The Bertz CT molecular complexity index is 1350. The van der Waals surface area contributed by atoms with E-state index in [1.807, 2.05) is 28.8 Å². The molecule has 9 heteroatoms. The van der Waals surface area contributed by atoms with Crippen LogP contribution in [0.15, 0.2) is 84.0 Å². The molecule has 0 aliphatic heterocycles. The second-order valence-electron chi connectivity index (χ2n) is 7.13. The molecule has 0 saturated heterocycles. The van der Waals surface area contributed by atoms with E-state index in [0.29, 0.717) is 5.56 Å². The monoisotopic (exact) mass is 453 g/mol. The number of esters is 1. The summed E-state index contributed by atoms with van der Waals surface area (Å²) in [5.74, 6) is -0.972. The normalized spacial score (nSPS) is 12.6. The summed E-state index contributed by atoms with van der Waals surface area (Å²) >= 11 is 0. The van der Waals surface area contributed by atoms with Gasteiger partial charge in [-0.25, -0.2) is 27.3 Å². The van der Waals surface area contributed by atoms with E-state index in [2.05, 4.69) is 14.4 Å². The Labute approximate surface area is 184 Å². The van der Waals surface area contributed by atoms with E-state index in [-0.39, 0.29) is 17.0 Å². The molecule has 7 nitrogen and oxygen atoms in total. The largest absolute Gasteiger partial charge is 0.465 e. The third-order valence-electron chi connectivity index (χ3n) is 5.06. The average Bonchev–Trinajstić information content (AvgIpc) is 3.21. The molecule has 0 fully saturated rings. The quantitative estimate of drug-likeness (QED) is 0.431. The molecular weight excluding hydrogens is 433 g/mol. The summed E-state index contributed by atoms with van der Waals surface area (Å²) in [5, 5.41) is 0. The summed E-state index contributed by atoms with van der Waals surface area (Å²) < 4.78 is 48.9. The zero-order valence-corrected chi connectivity index (χ0v) is 17.9. The lowest BCUT2D eigenvalue weighted by Gasteiger charge is -2.20. The molecule has 32 heavy (non-hydrogen) atoms. The van der Waals surface area contributed by atoms with E-state index < -0.39 is 27.9 Å². The number of hydrogen-bond acceptors (Lipinski definition) is 5. The first-order valence-corrected chi connectivity index (χ1v) is 11.2. The number of aromatic nitrogens is 2. The number of halogens is 1. The molecule has 0 saturated carbocycles. The van der Waals surface area contributed by atoms with E-state index in [1.165, 1.54) is 43.5 Å². The first-order chi connectivity index (χ1) is 15.4. The second kappa shape index (κ2) is 8.89. The smallest absolute Gasteiger partial charge is 0.337 e. The summed E-state index contributed by atoms with van der Waals surface area (Å²) in [5.41, 5.74) is 2.47. The van der Waals surface area contributed by atoms with Gasteiger partial charge in [-0.05, 0) is 54.1 Å². The van der Waals surface area contributed by atoms with Crippen molar-refractivity contribution in [1.29, 1.82) is 0 Å². The Morgan fingerprint density at radius 1 is 1.06 bits per heavy atom. The number of fused-ring (bicyclic) bond motifs is 1. The van der Waals surface area contributed by atoms with Crippen molar-refractivity contribution in [2.24, 2.45) is 0 Å². The molecule has 1 unspecified atom stereocenters. The van der Waals surface area contributed by atoms with Crippen molar-refractivity contribution in [3.63, 3.8) is 0 Å². The first kappa shape index (κ1) is 21.7. The Morgan fingerprint density at radius 3 is 2.44 bits per heavy atom. The summed E-state index contributed by atoms with van der Waals surface area (Å²) in [6, 6.07) is 17.9. The number of imidazole rings is 1. The third kappa shape index (κ3) is 4.53. The number of hydrogen-bond donors (Lipinski definition) is 1. The van der Waals surface area contributed by atoms with Gasteiger partial charge in [0, 0.05) is 6.54 Å². The summed E-state index contributed by atoms with van der Waals surface area (Å²) in [4.78, 5) is 16.0. The summed E-state index contributed by atoms with van der Waals surface area (Å²) in [7, 11) is -2.70. The zero-order valence-electron chi connectivity index (χ0n) is 17.1. The second-order valence-corrected chi connectivity index (χ2v) is 8.84. The van der Waals surface area contributed by atoms with E-state index in [0.717, 1.165) is 11.0 Å². The minimum atomic E-state index is -3.95. The Balaban J connectivity index is 1.66. The van der Waals surface area contributed by atoms with Crippen molar-refractivity contribution in [3.8, 4) is 0 Å². The van der Waals surface area contributed by atoms with Gasteiger partial charge in [0.2, 0.25) is 10.0 Å². The van der Waals surface area contributed by atoms with Crippen LogP contribution in [0.3, 0.4) is 0 Å². The van der Waals surface area contributed by atoms with Gasteiger partial charge in [-0.2, -0.15) is 0 Å². The van der Waals surface area contributed by atoms with Gasteiger partial charge in [0.05, 0.1) is 41.0 Å². The molecule has 4 rings (SSSR count). The van der Waals surface area contributed by atoms with Gasteiger partial charge in [-0.3, -0.25) is 0 Å². The fourth-order valence-electron chi connectivity index (χ4n) is 3.40. The number of nitrogens with one attached hydrogen (secondary N) is 1. The first-order valence-electron chi connectivity index (χ1n) is 9.73. The van der Waals surface area contributed by atoms with Crippen LogP contribution in [0.4, 0.5) is 4.39 Å². The van der Waals surface area contributed by atoms with Crippen molar-refractivity contribution in [2.75, 3.05) is 7.11 Å². The van der Waals surface area contributed by atoms with Crippen LogP contribution in [0.5, 0.6) is 0 Å². The maximum absolute atomic E-state index is 13.5. The molecule has 0 aliphatic carbocycles. The minimum absolute atomic E-state index is 0.00671. The fourth-order valence-corrected chi connectivity index (χ4v) is 4.62. The van der Waals surface area contributed by atoms with Gasteiger partial charge in [0.1, 0.15) is 5.82 Å². The van der Waals surface area contributed by atoms with Gasteiger partial charge in [0.25, 0.3) is 0 Å². The number of sulfonamides is 1. The lowest BCUT2D eigenvalue weighted by atomic mass is 10.1. The lowest BCUT2D eigenvalue weighted by molar-refractivity contribution is 0.0600. The summed E-state index contributed by atoms with van der Waals surface area (Å²) in [6.45, 7) is 0.242. The lowest BCUT2D eigenvalue weighted by Crippen LogP contribution is -2.31. The number of para-hydroxylation sites is 2. The van der Waals surface area contributed by atoms with Crippen LogP contribution < -0.4 is 4.72 Å². The Kier molecular flexibility index (Phi) is 6.02. The van der Waals surface area contributed by atoms with Crippen molar-refractivity contribution in [2.45, 2.75) is 17.5 Å². The van der Waals surface area contributed by atoms with E-state index in [1.54, 1.807) is 18.5 Å². The highest BCUT2D eigenvalue weighted by atomic mass is 32.2. The predicted octanol–water partition coefficient (Wildman–Crippen LogP) is 3.68. The molecule has 0 amide bonds. The number of benzene rings is 3. The highest BCUT2D eigenvalue weighted by Crippen LogP contribution is 2.22. The standard InChI is InChI=1S/C23H20FN3O4S/c1-31-23(28)17-8-12-19(13-9-17)32(29,30)26-21(16-6-10-18(24)11-7-16)14-27-15-25-20-4-2-3-5-22(20)27/h2-13,15,21,26H,14H2,1H3. The predicted molar refractivity (Wildman–Crippen MR) is 117 cm³/mol. The maximum atomic E-state index is 13.5. The van der Waals surface area contributed by atoms with Crippen LogP contribution in [-0.4, -0.2) is 31.0 Å². The number of ether oxygens (including phenoxy) is 1. The molecule has 3 aromatic carbocycles. The van der Waals surface area contributed by atoms with Crippen LogP contribution in [0, 0.1) is 5.82 Å². The van der Waals surface area contributed by atoms with E-state index in [4.69, 9.17) is 0 Å². The molecule has 1 heterocycles. The van der Waals surface area contributed by atoms with Crippen molar-refractivity contribution < 1.29 is 22.3 Å². The number of carbonyl (C=O) groups is 1. The zero-order chi connectivity index (χ0) is 22.7. The molecule has 0 aliphatic rings. The number of methoxy groups -OCH3 is 1. The number of carbonyl (C=O) groups excluding carboxylic acids is 1. The van der Waals surface area contributed by atoms with Gasteiger partial charge >= 0.3 is 5.97 Å². The highest BCUT2D eigenvalue weighted by Gasteiger charge is 2.23. The molecule has 1 aromatic heterocycles. The number of nitrogens with zero attached hydrogens (tertiary/aromatic N) is 2. The highest BCUT2D eigenvalue weighted by molar-refractivity contribution is 7.89. The van der Waals surface area contributed by atoms with Crippen molar-refractivity contribution in [3.05, 3.63) is 96.1 Å². The third-order valence-corrected chi connectivity index (χ3v) is 6.55. The van der Waals surface area contributed by atoms with E-state index >= 15 is 0 Å².